The topological polar surface area (TPSA) is 49.4 Å². The van der Waals surface area contributed by atoms with Crippen molar-refractivity contribution in [3.63, 3.8) is 0 Å². The van der Waals surface area contributed by atoms with Gasteiger partial charge in [0.15, 0.2) is 0 Å². The normalized spacial score (nSPS) is 19.8. The van der Waals surface area contributed by atoms with Crippen molar-refractivity contribution in [3.05, 3.63) is 52.2 Å². The Balaban J connectivity index is 1.63. The molecular formula is C18H18N2O2S. The zero-order chi connectivity index (χ0) is 15.8. The Morgan fingerprint density at radius 1 is 1.22 bits per heavy atom. The fourth-order valence-corrected chi connectivity index (χ4v) is 3.88. The number of amides is 2. The van der Waals surface area contributed by atoms with E-state index in [-0.39, 0.29) is 24.2 Å². The molecule has 1 unspecified atom stereocenters. The monoisotopic (exact) mass is 326 g/mol. The van der Waals surface area contributed by atoms with Gasteiger partial charge in [-0.25, -0.2) is 0 Å². The average molecular weight is 326 g/mol. The second kappa shape index (κ2) is 5.81. The standard InChI is InChI=1S/C18H18N2O2S/c21-17-10-15(14-5-1-2-6-16(14)19-17)18(22)20(12-7-8-12)11-13-4-3-9-23-13/h1-6,9,12,15H,7-8,10-11H2,(H,19,21). The molecule has 1 saturated carbocycles. The third-order valence-corrected chi connectivity index (χ3v) is 5.34. The first-order chi connectivity index (χ1) is 11.2. The van der Waals surface area contributed by atoms with Crippen molar-refractivity contribution in [2.45, 2.75) is 37.8 Å². The minimum atomic E-state index is -0.361. The Hall–Kier alpha value is -2.14. The second-order valence-corrected chi connectivity index (χ2v) is 7.20. The number of hydrogen-bond donors (Lipinski definition) is 1. The highest BCUT2D eigenvalue weighted by molar-refractivity contribution is 7.09. The van der Waals surface area contributed by atoms with Gasteiger partial charge in [0.25, 0.3) is 0 Å². The van der Waals surface area contributed by atoms with Crippen LogP contribution in [0.15, 0.2) is 41.8 Å². The molecule has 118 valence electrons. The van der Waals surface area contributed by atoms with Gasteiger partial charge in [0, 0.05) is 23.0 Å². The van der Waals surface area contributed by atoms with Gasteiger partial charge in [-0.15, -0.1) is 11.3 Å². The maximum absolute atomic E-state index is 13.2. The molecule has 5 heteroatoms. The zero-order valence-corrected chi connectivity index (χ0v) is 13.5. The molecule has 2 aliphatic rings. The summed E-state index contributed by atoms with van der Waals surface area (Å²) in [4.78, 5) is 28.3. The van der Waals surface area contributed by atoms with Gasteiger partial charge >= 0.3 is 0 Å². The summed E-state index contributed by atoms with van der Waals surface area (Å²) in [6.45, 7) is 0.654. The molecule has 4 rings (SSSR count). The van der Waals surface area contributed by atoms with Gasteiger partial charge in [-0.2, -0.15) is 0 Å². The number of anilines is 1. The lowest BCUT2D eigenvalue weighted by Gasteiger charge is -2.30. The molecule has 1 fully saturated rings. The Bertz CT molecular complexity index is 737. The summed E-state index contributed by atoms with van der Waals surface area (Å²) in [5, 5.41) is 4.90. The lowest BCUT2D eigenvalue weighted by atomic mass is 9.89. The lowest BCUT2D eigenvalue weighted by Crippen LogP contribution is -2.39. The molecular weight excluding hydrogens is 308 g/mol. The number of thiophene rings is 1. The largest absolute Gasteiger partial charge is 0.334 e. The fourth-order valence-electron chi connectivity index (χ4n) is 3.18. The predicted octanol–water partition coefficient (Wildman–Crippen LogP) is 3.37. The molecule has 0 bridgehead atoms. The second-order valence-electron chi connectivity index (χ2n) is 6.17. The highest BCUT2D eigenvalue weighted by atomic mass is 32.1. The molecule has 1 aliphatic heterocycles. The van der Waals surface area contributed by atoms with Crippen LogP contribution in [0.1, 0.15) is 35.6 Å². The van der Waals surface area contributed by atoms with Crippen LogP contribution < -0.4 is 5.32 Å². The van der Waals surface area contributed by atoms with E-state index in [1.54, 1.807) is 11.3 Å². The van der Waals surface area contributed by atoms with Crippen molar-refractivity contribution >= 4 is 28.8 Å². The Morgan fingerprint density at radius 3 is 2.78 bits per heavy atom. The number of carbonyl (C=O) groups is 2. The van der Waals surface area contributed by atoms with Crippen molar-refractivity contribution < 1.29 is 9.59 Å². The summed E-state index contributed by atoms with van der Waals surface area (Å²) in [6.07, 6.45) is 2.37. The van der Waals surface area contributed by atoms with E-state index < -0.39 is 0 Å². The summed E-state index contributed by atoms with van der Waals surface area (Å²) in [7, 11) is 0. The Morgan fingerprint density at radius 2 is 2.04 bits per heavy atom. The molecule has 1 aromatic heterocycles. The van der Waals surface area contributed by atoms with Crippen LogP contribution in [0.5, 0.6) is 0 Å². The van der Waals surface area contributed by atoms with E-state index >= 15 is 0 Å². The summed E-state index contributed by atoms with van der Waals surface area (Å²) >= 11 is 1.67. The Kier molecular flexibility index (Phi) is 3.65. The van der Waals surface area contributed by atoms with E-state index in [1.165, 1.54) is 4.88 Å². The van der Waals surface area contributed by atoms with E-state index in [1.807, 2.05) is 40.6 Å². The third-order valence-electron chi connectivity index (χ3n) is 4.47. The minimum Gasteiger partial charge on any atom is -0.334 e. The first kappa shape index (κ1) is 14.5. The van der Waals surface area contributed by atoms with Crippen LogP contribution in [-0.4, -0.2) is 22.8 Å². The van der Waals surface area contributed by atoms with E-state index in [0.29, 0.717) is 12.6 Å². The van der Waals surface area contributed by atoms with Crippen LogP contribution in [0.2, 0.25) is 0 Å². The van der Waals surface area contributed by atoms with Crippen LogP contribution in [0.3, 0.4) is 0 Å². The maximum Gasteiger partial charge on any atom is 0.231 e. The van der Waals surface area contributed by atoms with Gasteiger partial charge < -0.3 is 10.2 Å². The molecule has 0 spiro atoms. The molecule has 1 aromatic carbocycles. The molecule has 1 atom stereocenters. The summed E-state index contributed by atoms with van der Waals surface area (Å²) in [5.74, 6) is -0.349. The van der Waals surface area contributed by atoms with Crippen LogP contribution in [0.4, 0.5) is 5.69 Å². The number of fused-ring (bicyclic) bond motifs is 1. The summed E-state index contributed by atoms with van der Waals surface area (Å²) < 4.78 is 0. The van der Waals surface area contributed by atoms with Crippen molar-refractivity contribution in [1.82, 2.24) is 4.90 Å². The van der Waals surface area contributed by atoms with Gasteiger partial charge in [0.2, 0.25) is 11.8 Å². The number of nitrogens with zero attached hydrogens (tertiary/aromatic N) is 1. The quantitative estimate of drug-likeness (QED) is 0.936. The number of benzene rings is 1. The molecule has 0 radical (unpaired) electrons. The number of carbonyl (C=O) groups excluding carboxylic acids is 2. The van der Waals surface area contributed by atoms with E-state index in [4.69, 9.17) is 0 Å². The highest BCUT2D eigenvalue weighted by Gasteiger charge is 2.39. The van der Waals surface area contributed by atoms with Crippen LogP contribution in [-0.2, 0) is 16.1 Å². The molecule has 1 N–H and O–H groups in total. The number of rotatable bonds is 4. The Labute approximate surface area is 139 Å². The van der Waals surface area contributed by atoms with Gasteiger partial charge in [-0.1, -0.05) is 24.3 Å². The first-order valence-electron chi connectivity index (χ1n) is 7.94. The van der Waals surface area contributed by atoms with Crippen molar-refractivity contribution in [2.75, 3.05) is 5.32 Å². The van der Waals surface area contributed by atoms with E-state index in [9.17, 15) is 9.59 Å². The highest BCUT2D eigenvalue weighted by Crippen LogP contribution is 2.37. The van der Waals surface area contributed by atoms with Crippen molar-refractivity contribution in [3.8, 4) is 0 Å². The van der Waals surface area contributed by atoms with Crippen LogP contribution in [0.25, 0.3) is 0 Å². The predicted molar refractivity (Wildman–Crippen MR) is 90.3 cm³/mol. The van der Waals surface area contributed by atoms with Gasteiger partial charge in [-0.3, -0.25) is 9.59 Å². The minimum absolute atomic E-state index is 0.0751. The fraction of sp³-hybridized carbons (Fsp3) is 0.333. The first-order valence-corrected chi connectivity index (χ1v) is 8.82. The molecule has 2 heterocycles. The van der Waals surface area contributed by atoms with Gasteiger partial charge in [0.05, 0.1) is 12.5 Å². The molecule has 0 saturated heterocycles. The molecule has 4 nitrogen and oxygen atoms in total. The SMILES string of the molecule is O=C1CC(C(=O)N(Cc2cccs2)C2CC2)c2ccccc2N1. The smallest absolute Gasteiger partial charge is 0.231 e. The molecule has 2 amide bonds. The number of hydrogen-bond acceptors (Lipinski definition) is 3. The number of nitrogens with one attached hydrogen (secondary N) is 1. The van der Waals surface area contributed by atoms with Crippen LogP contribution >= 0.6 is 11.3 Å². The van der Waals surface area contributed by atoms with Crippen molar-refractivity contribution in [1.29, 1.82) is 0 Å². The van der Waals surface area contributed by atoms with Gasteiger partial charge in [-0.05, 0) is 35.9 Å². The van der Waals surface area contributed by atoms with E-state index in [2.05, 4.69) is 11.4 Å². The summed E-state index contributed by atoms with van der Waals surface area (Å²) in [5.41, 5.74) is 1.71. The lowest BCUT2D eigenvalue weighted by molar-refractivity contribution is -0.136. The maximum atomic E-state index is 13.2. The zero-order valence-electron chi connectivity index (χ0n) is 12.7. The summed E-state index contributed by atoms with van der Waals surface area (Å²) in [6, 6.07) is 12.0. The van der Waals surface area contributed by atoms with Crippen LogP contribution in [0, 0.1) is 0 Å². The average Bonchev–Trinajstić information content (AvgIpc) is 3.27. The number of para-hydroxylation sites is 1. The van der Waals surface area contributed by atoms with Gasteiger partial charge in [0.1, 0.15) is 0 Å². The molecule has 2 aromatic rings. The third kappa shape index (κ3) is 2.88. The molecule has 23 heavy (non-hydrogen) atoms. The molecule has 1 aliphatic carbocycles. The van der Waals surface area contributed by atoms with Crippen molar-refractivity contribution in [2.24, 2.45) is 0 Å². The van der Waals surface area contributed by atoms with E-state index in [0.717, 1.165) is 24.1 Å².